The van der Waals surface area contributed by atoms with E-state index in [1.165, 1.54) is 24.7 Å². The maximum atomic E-state index is 14.1. The molecule has 1 aromatic carbocycles. The average molecular weight is 495 g/mol. The van der Waals surface area contributed by atoms with Crippen molar-refractivity contribution in [3.63, 3.8) is 0 Å². The molecule has 0 saturated carbocycles. The number of halogens is 3. The van der Waals surface area contributed by atoms with Crippen LogP contribution in [0.25, 0.3) is 16.5 Å². The first-order chi connectivity index (χ1) is 17.3. The molecule has 184 valence electrons. The molecule has 0 fully saturated rings. The highest BCUT2D eigenvalue weighted by Gasteiger charge is 2.41. The fourth-order valence-corrected chi connectivity index (χ4v) is 3.57. The molecule has 0 saturated heterocycles. The molecule has 36 heavy (non-hydrogen) atoms. The lowest BCUT2D eigenvalue weighted by molar-refractivity contribution is -0.143. The largest absolute Gasteiger partial charge is 0.477 e. The van der Waals surface area contributed by atoms with Gasteiger partial charge in [-0.2, -0.15) is 23.5 Å². The van der Waals surface area contributed by atoms with Gasteiger partial charge < -0.3 is 15.8 Å². The zero-order chi connectivity index (χ0) is 25.7. The number of carbonyl (C=O) groups is 1. The van der Waals surface area contributed by atoms with Crippen molar-refractivity contribution < 1.29 is 22.7 Å². The number of alkyl halides is 3. The Kier molecular flexibility index (Phi) is 7.12. The summed E-state index contributed by atoms with van der Waals surface area (Å²) >= 11 is 0. The molecule has 0 unspecified atom stereocenters. The van der Waals surface area contributed by atoms with Crippen LogP contribution >= 0.6 is 0 Å². The number of amides is 1. The van der Waals surface area contributed by atoms with Gasteiger partial charge in [-0.25, -0.2) is 9.67 Å². The van der Waals surface area contributed by atoms with Crippen LogP contribution in [0.4, 0.5) is 18.9 Å². The number of fused-ring (bicyclic) bond motifs is 1. The first kappa shape index (κ1) is 24.6. The number of nitrogens with zero attached hydrogens (tertiary/aromatic N) is 5. The Morgan fingerprint density at radius 1 is 1.17 bits per heavy atom. The second-order valence-corrected chi connectivity index (χ2v) is 7.68. The zero-order valence-electron chi connectivity index (χ0n) is 18.8. The molecule has 0 aliphatic carbocycles. The Bertz CT molecular complexity index is 1440. The third-order valence-electron chi connectivity index (χ3n) is 5.22. The van der Waals surface area contributed by atoms with E-state index < -0.39 is 23.3 Å². The van der Waals surface area contributed by atoms with Crippen LogP contribution in [0, 0.1) is 11.3 Å². The van der Waals surface area contributed by atoms with E-state index in [-0.39, 0.29) is 22.8 Å². The van der Waals surface area contributed by atoms with Crippen molar-refractivity contribution in [2.75, 3.05) is 18.5 Å². The molecule has 3 aromatic heterocycles. The van der Waals surface area contributed by atoms with Crippen LogP contribution in [-0.2, 0) is 6.18 Å². The summed E-state index contributed by atoms with van der Waals surface area (Å²) in [6.07, 6.45) is 1.31. The fraction of sp³-hybridized carbons (Fsp3) is 0.208. The SMILES string of the molecule is N#Cc1cc(NC(=O)c2cnn(-c3cncc4ccccc34)c2C(F)(F)F)cnc1OCCCCN. The van der Waals surface area contributed by atoms with Crippen LogP contribution in [0.15, 0.2) is 55.1 Å². The number of rotatable bonds is 8. The second-order valence-electron chi connectivity index (χ2n) is 7.68. The summed E-state index contributed by atoms with van der Waals surface area (Å²) in [5.41, 5.74) is 3.60. The van der Waals surface area contributed by atoms with Gasteiger partial charge in [-0.1, -0.05) is 24.3 Å². The minimum absolute atomic E-state index is 0.0223. The smallest absolute Gasteiger partial charge is 0.434 e. The number of carbonyl (C=O) groups excluding carboxylic acids is 1. The topological polar surface area (TPSA) is 132 Å². The molecular weight excluding hydrogens is 475 g/mol. The van der Waals surface area contributed by atoms with Crippen molar-refractivity contribution in [3.8, 4) is 17.6 Å². The van der Waals surface area contributed by atoms with Crippen LogP contribution in [0.1, 0.15) is 34.5 Å². The molecule has 3 heterocycles. The Balaban J connectivity index is 1.65. The summed E-state index contributed by atoms with van der Waals surface area (Å²) in [5, 5.41) is 16.7. The number of anilines is 1. The van der Waals surface area contributed by atoms with Crippen LogP contribution < -0.4 is 15.8 Å². The summed E-state index contributed by atoms with van der Waals surface area (Å²) in [7, 11) is 0. The molecule has 0 bridgehead atoms. The minimum Gasteiger partial charge on any atom is -0.477 e. The number of benzene rings is 1. The number of pyridine rings is 2. The molecule has 4 rings (SSSR count). The number of nitrogens with one attached hydrogen (secondary N) is 1. The van der Waals surface area contributed by atoms with Crippen molar-refractivity contribution in [3.05, 3.63) is 71.9 Å². The van der Waals surface area contributed by atoms with E-state index in [0.717, 1.165) is 12.6 Å². The third-order valence-corrected chi connectivity index (χ3v) is 5.22. The summed E-state index contributed by atoms with van der Waals surface area (Å²) in [6, 6.07) is 9.94. The molecule has 12 heteroatoms. The van der Waals surface area contributed by atoms with Gasteiger partial charge in [0.05, 0.1) is 42.1 Å². The van der Waals surface area contributed by atoms with Crippen LogP contribution in [-0.4, -0.2) is 38.8 Å². The van der Waals surface area contributed by atoms with Gasteiger partial charge in [0.2, 0.25) is 5.88 Å². The molecular formula is C24H20F3N7O2. The lowest BCUT2D eigenvalue weighted by atomic mass is 10.1. The number of nitrogens with two attached hydrogens (primary N) is 1. The first-order valence-electron chi connectivity index (χ1n) is 10.9. The maximum absolute atomic E-state index is 14.1. The van der Waals surface area contributed by atoms with E-state index in [0.29, 0.717) is 35.0 Å². The highest BCUT2D eigenvalue weighted by atomic mass is 19.4. The van der Waals surface area contributed by atoms with E-state index in [2.05, 4.69) is 20.4 Å². The Hall–Kier alpha value is -4.50. The standard InChI is InChI=1S/C24H20F3N7O2/c25-24(26,27)21-19(13-32-34(21)20-14-30-11-15-5-1-2-6-18(15)20)22(35)33-17-9-16(10-29)23(31-12-17)36-8-4-3-7-28/h1-2,5-6,9,11-14H,3-4,7-8,28H2,(H,33,35). The van der Waals surface area contributed by atoms with Crippen molar-refractivity contribution in [2.45, 2.75) is 19.0 Å². The fourth-order valence-electron chi connectivity index (χ4n) is 3.57. The number of nitriles is 1. The van der Waals surface area contributed by atoms with Crippen LogP contribution in [0.2, 0.25) is 0 Å². The summed E-state index contributed by atoms with van der Waals surface area (Å²) in [6.45, 7) is 0.794. The highest BCUT2D eigenvalue weighted by molar-refractivity contribution is 6.05. The average Bonchev–Trinajstić information content (AvgIpc) is 3.33. The van der Waals surface area contributed by atoms with Gasteiger partial charge in [-0.3, -0.25) is 9.78 Å². The van der Waals surface area contributed by atoms with Gasteiger partial charge in [-0.05, 0) is 25.5 Å². The van der Waals surface area contributed by atoms with Crippen LogP contribution in [0.5, 0.6) is 5.88 Å². The van der Waals surface area contributed by atoms with Crippen molar-refractivity contribution >= 4 is 22.4 Å². The Morgan fingerprint density at radius 3 is 2.72 bits per heavy atom. The lowest BCUT2D eigenvalue weighted by Gasteiger charge is -2.14. The van der Waals surface area contributed by atoms with Crippen molar-refractivity contribution in [1.82, 2.24) is 19.7 Å². The first-order valence-corrected chi connectivity index (χ1v) is 10.9. The summed E-state index contributed by atoms with van der Waals surface area (Å²) in [5.74, 6) is -1.01. The third kappa shape index (κ3) is 5.11. The summed E-state index contributed by atoms with van der Waals surface area (Å²) < 4.78 is 48.5. The molecule has 0 aliphatic heterocycles. The van der Waals surface area contributed by atoms with Gasteiger partial charge in [0.1, 0.15) is 11.6 Å². The Morgan fingerprint density at radius 2 is 1.97 bits per heavy atom. The molecule has 3 N–H and O–H groups in total. The predicted molar refractivity (Wildman–Crippen MR) is 125 cm³/mol. The van der Waals surface area contributed by atoms with Gasteiger partial charge in [-0.15, -0.1) is 0 Å². The van der Waals surface area contributed by atoms with Crippen molar-refractivity contribution in [2.24, 2.45) is 5.73 Å². The van der Waals surface area contributed by atoms with E-state index in [1.54, 1.807) is 24.3 Å². The van der Waals surface area contributed by atoms with E-state index in [1.807, 2.05) is 6.07 Å². The van der Waals surface area contributed by atoms with Gasteiger partial charge in [0, 0.05) is 17.0 Å². The zero-order valence-corrected chi connectivity index (χ0v) is 18.8. The van der Waals surface area contributed by atoms with Gasteiger partial charge >= 0.3 is 6.18 Å². The van der Waals surface area contributed by atoms with Crippen LogP contribution in [0.3, 0.4) is 0 Å². The van der Waals surface area contributed by atoms with Gasteiger partial charge in [0.15, 0.2) is 5.69 Å². The number of hydrogen-bond donors (Lipinski definition) is 2. The predicted octanol–water partition coefficient (Wildman–Crippen LogP) is 4.08. The van der Waals surface area contributed by atoms with Crippen molar-refractivity contribution in [1.29, 1.82) is 5.26 Å². The molecule has 0 aliphatic rings. The molecule has 0 spiro atoms. The normalized spacial score (nSPS) is 11.3. The van der Waals surface area contributed by atoms with E-state index >= 15 is 0 Å². The molecule has 1 amide bonds. The summed E-state index contributed by atoms with van der Waals surface area (Å²) in [4.78, 5) is 20.9. The molecule has 0 atom stereocenters. The minimum atomic E-state index is -4.91. The molecule has 0 radical (unpaired) electrons. The maximum Gasteiger partial charge on any atom is 0.434 e. The molecule has 4 aromatic rings. The second kappa shape index (κ2) is 10.4. The quantitative estimate of drug-likeness (QED) is 0.352. The number of aromatic nitrogens is 4. The van der Waals surface area contributed by atoms with E-state index in [9.17, 15) is 23.2 Å². The molecule has 9 nitrogen and oxygen atoms in total. The highest BCUT2D eigenvalue weighted by Crippen LogP contribution is 2.35. The van der Waals surface area contributed by atoms with E-state index in [4.69, 9.17) is 10.5 Å². The Labute approximate surface area is 203 Å². The lowest BCUT2D eigenvalue weighted by Crippen LogP contribution is -2.21. The van der Waals surface area contributed by atoms with Gasteiger partial charge in [0.25, 0.3) is 5.91 Å². The monoisotopic (exact) mass is 495 g/mol. The number of ether oxygens (including phenoxy) is 1. The number of hydrogen-bond acceptors (Lipinski definition) is 7. The number of unbranched alkanes of at least 4 members (excludes halogenated alkanes) is 1.